The summed E-state index contributed by atoms with van der Waals surface area (Å²) in [6.07, 6.45) is 10.9. The van der Waals surface area contributed by atoms with Crippen molar-refractivity contribution >= 4 is 11.2 Å². The maximum Gasteiger partial charge on any atom is 0.332 e. The van der Waals surface area contributed by atoms with Crippen molar-refractivity contribution in [2.75, 3.05) is 6.54 Å². The van der Waals surface area contributed by atoms with E-state index in [1.807, 2.05) is 0 Å². The molecule has 3 rings (SSSR count). The number of unbranched alkanes of at least 4 members (excludes halogenated alkanes) is 5. The summed E-state index contributed by atoms with van der Waals surface area (Å²) in [6.45, 7) is 7.09. The summed E-state index contributed by atoms with van der Waals surface area (Å²) in [4.78, 5) is 32.6. The average Bonchev–Trinajstić information content (AvgIpc) is 3.07. The molecule has 2 aromatic rings. The number of rotatable bonds is 9. The lowest BCUT2D eigenvalue weighted by molar-refractivity contribution is 0.147. The summed E-state index contributed by atoms with van der Waals surface area (Å²) >= 11 is 0. The van der Waals surface area contributed by atoms with Gasteiger partial charge in [0.15, 0.2) is 11.2 Å². The van der Waals surface area contributed by atoms with Crippen LogP contribution in [0.2, 0.25) is 0 Å². The molecule has 1 atom stereocenters. The Labute approximate surface area is 173 Å². The van der Waals surface area contributed by atoms with E-state index in [4.69, 9.17) is 4.98 Å². The zero-order chi connectivity index (χ0) is 21.0. The summed E-state index contributed by atoms with van der Waals surface area (Å²) < 4.78 is 4.81. The molecule has 0 unspecified atom stereocenters. The van der Waals surface area contributed by atoms with Crippen molar-refractivity contribution in [3.63, 3.8) is 0 Å². The van der Waals surface area contributed by atoms with E-state index in [0.717, 1.165) is 38.3 Å². The normalized spacial score (nSPS) is 18.0. The molecule has 3 heterocycles. The summed E-state index contributed by atoms with van der Waals surface area (Å²) in [5.41, 5.74) is 0.538. The van der Waals surface area contributed by atoms with Crippen LogP contribution in [0.3, 0.4) is 0 Å². The predicted molar refractivity (Wildman–Crippen MR) is 117 cm³/mol. The van der Waals surface area contributed by atoms with Crippen molar-refractivity contribution in [3.8, 4) is 0 Å². The first-order valence-corrected chi connectivity index (χ1v) is 11.3. The Hall–Kier alpha value is -1.89. The van der Waals surface area contributed by atoms with Crippen LogP contribution in [0, 0.1) is 0 Å². The van der Waals surface area contributed by atoms with Crippen molar-refractivity contribution in [1.82, 2.24) is 23.6 Å². The smallest absolute Gasteiger partial charge is 0.321 e. The van der Waals surface area contributed by atoms with Gasteiger partial charge in [0.2, 0.25) is 0 Å². The molecule has 0 amide bonds. The van der Waals surface area contributed by atoms with Crippen molar-refractivity contribution < 1.29 is 0 Å². The van der Waals surface area contributed by atoms with Crippen LogP contribution in [0.5, 0.6) is 0 Å². The molecule has 0 aromatic carbocycles. The first kappa shape index (κ1) is 21.8. The van der Waals surface area contributed by atoms with Gasteiger partial charge in [0, 0.05) is 26.7 Å². The first-order valence-electron chi connectivity index (χ1n) is 11.3. The van der Waals surface area contributed by atoms with E-state index in [1.54, 1.807) is 14.1 Å². The third-order valence-corrected chi connectivity index (χ3v) is 6.45. The predicted octanol–water partition coefficient (Wildman–Crippen LogP) is 3.17. The van der Waals surface area contributed by atoms with Crippen LogP contribution in [-0.4, -0.2) is 36.2 Å². The Bertz CT molecular complexity index is 939. The highest BCUT2D eigenvalue weighted by Crippen LogP contribution is 2.21. The van der Waals surface area contributed by atoms with Gasteiger partial charge in [0.1, 0.15) is 5.82 Å². The van der Waals surface area contributed by atoms with Gasteiger partial charge in [-0.15, -0.1) is 0 Å². The Balaban J connectivity index is 1.93. The van der Waals surface area contributed by atoms with Gasteiger partial charge < -0.3 is 4.57 Å². The highest BCUT2D eigenvalue weighted by atomic mass is 16.2. The van der Waals surface area contributed by atoms with Gasteiger partial charge in [-0.3, -0.25) is 18.8 Å². The summed E-state index contributed by atoms with van der Waals surface area (Å²) in [6, 6.07) is 0.526. The topological polar surface area (TPSA) is 65.1 Å². The van der Waals surface area contributed by atoms with E-state index in [9.17, 15) is 9.59 Å². The molecule has 0 bridgehead atoms. The van der Waals surface area contributed by atoms with Crippen LogP contribution in [0.4, 0.5) is 0 Å². The van der Waals surface area contributed by atoms with Crippen molar-refractivity contribution in [3.05, 3.63) is 26.7 Å². The van der Waals surface area contributed by atoms with Gasteiger partial charge in [-0.2, -0.15) is 0 Å². The molecular weight excluding hydrogens is 366 g/mol. The van der Waals surface area contributed by atoms with E-state index < -0.39 is 0 Å². The lowest BCUT2D eigenvalue weighted by Gasteiger charge is -2.33. The molecule has 1 aliphatic rings. The highest BCUT2D eigenvalue weighted by Gasteiger charge is 2.23. The number of hydrogen-bond donors (Lipinski definition) is 0. The van der Waals surface area contributed by atoms with E-state index in [0.29, 0.717) is 17.2 Å². The molecule has 0 radical (unpaired) electrons. The molecule has 1 fully saturated rings. The highest BCUT2D eigenvalue weighted by molar-refractivity contribution is 5.71. The molecule has 1 saturated heterocycles. The molecule has 162 valence electrons. The van der Waals surface area contributed by atoms with E-state index >= 15 is 0 Å². The summed E-state index contributed by atoms with van der Waals surface area (Å²) in [5, 5.41) is 0. The molecular formula is C22H37N5O2. The van der Waals surface area contributed by atoms with E-state index in [2.05, 4.69) is 23.3 Å². The van der Waals surface area contributed by atoms with Crippen LogP contribution in [0.15, 0.2) is 9.59 Å². The molecule has 1 aliphatic heterocycles. The number of likely N-dealkylation sites (tertiary alicyclic amines) is 1. The van der Waals surface area contributed by atoms with Crippen LogP contribution in [0.1, 0.15) is 77.5 Å². The van der Waals surface area contributed by atoms with Crippen LogP contribution >= 0.6 is 0 Å². The molecule has 0 spiro atoms. The minimum atomic E-state index is -0.315. The maximum absolute atomic E-state index is 12.9. The fourth-order valence-corrected chi connectivity index (χ4v) is 4.48. The van der Waals surface area contributed by atoms with Crippen molar-refractivity contribution in [1.29, 1.82) is 0 Å². The quantitative estimate of drug-likeness (QED) is 0.603. The monoisotopic (exact) mass is 403 g/mol. The lowest BCUT2D eigenvalue weighted by atomic mass is 10.0. The van der Waals surface area contributed by atoms with Crippen molar-refractivity contribution in [2.45, 2.75) is 90.8 Å². The number of hydrogen-bond acceptors (Lipinski definition) is 4. The zero-order valence-corrected chi connectivity index (χ0v) is 18.6. The van der Waals surface area contributed by atoms with Crippen LogP contribution in [-0.2, 0) is 27.2 Å². The fourth-order valence-electron chi connectivity index (χ4n) is 4.48. The van der Waals surface area contributed by atoms with Crippen LogP contribution in [0.25, 0.3) is 11.2 Å². The van der Waals surface area contributed by atoms with Crippen LogP contribution < -0.4 is 11.2 Å². The van der Waals surface area contributed by atoms with Gasteiger partial charge in [-0.25, -0.2) is 9.78 Å². The standard InChI is InChI=1S/C22H37N5O2/c1-5-6-7-8-9-11-15-27-18(16-26-14-12-10-13-17(26)2)23-20-19(27)21(28)25(4)22(29)24(20)3/h17H,5-16H2,1-4H3/t17-/m1/s1. The van der Waals surface area contributed by atoms with Gasteiger partial charge in [-0.1, -0.05) is 45.4 Å². The molecule has 0 saturated carbocycles. The van der Waals surface area contributed by atoms with Gasteiger partial charge in [0.25, 0.3) is 5.56 Å². The molecule has 29 heavy (non-hydrogen) atoms. The molecule has 0 aliphatic carbocycles. The lowest BCUT2D eigenvalue weighted by Crippen LogP contribution is -2.38. The number of imidazole rings is 1. The number of aryl methyl sites for hydroxylation is 2. The second-order valence-electron chi connectivity index (χ2n) is 8.64. The average molecular weight is 404 g/mol. The van der Waals surface area contributed by atoms with E-state index in [1.165, 1.54) is 54.1 Å². The molecule has 2 aromatic heterocycles. The maximum atomic E-state index is 12.9. The Kier molecular flexibility index (Phi) is 7.33. The number of aromatic nitrogens is 4. The Morgan fingerprint density at radius 1 is 1.00 bits per heavy atom. The number of piperidine rings is 1. The third-order valence-electron chi connectivity index (χ3n) is 6.45. The Morgan fingerprint density at radius 3 is 2.45 bits per heavy atom. The molecule has 0 N–H and O–H groups in total. The minimum Gasteiger partial charge on any atom is -0.321 e. The first-order chi connectivity index (χ1) is 14.0. The third kappa shape index (κ3) is 4.65. The Morgan fingerprint density at radius 2 is 1.72 bits per heavy atom. The number of nitrogens with zero attached hydrogens (tertiary/aromatic N) is 5. The summed E-state index contributed by atoms with van der Waals surface area (Å²) in [5.74, 6) is 0.917. The van der Waals surface area contributed by atoms with Gasteiger partial charge >= 0.3 is 5.69 Å². The summed E-state index contributed by atoms with van der Waals surface area (Å²) in [7, 11) is 3.26. The SMILES string of the molecule is CCCCCCCCn1c(CN2CCCC[C@H]2C)nc2c1c(=O)n(C)c(=O)n2C. The van der Waals surface area contributed by atoms with E-state index in [-0.39, 0.29) is 11.2 Å². The zero-order valence-electron chi connectivity index (χ0n) is 18.6. The van der Waals surface area contributed by atoms with Crippen molar-refractivity contribution in [2.24, 2.45) is 14.1 Å². The minimum absolute atomic E-state index is 0.237. The second kappa shape index (κ2) is 9.74. The second-order valence-corrected chi connectivity index (χ2v) is 8.64. The van der Waals surface area contributed by atoms with Gasteiger partial charge in [0.05, 0.1) is 6.54 Å². The molecule has 7 heteroatoms. The number of fused-ring (bicyclic) bond motifs is 1. The molecule has 7 nitrogen and oxygen atoms in total. The van der Waals surface area contributed by atoms with Gasteiger partial charge in [-0.05, 0) is 32.7 Å². The fraction of sp³-hybridized carbons (Fsp3) is 0.773. The largest absolute Gasteiger partial charge is 0.332 e.